The van der Waals surface area contributed by atoms with Crippen molar-refractivity contribution in [1.82, 2.24) is 9.55 Å². The molecule has 18 heavy (non-hydrogen) atoms. The molecule has 1 aliphatic heterocycles. The fraction of sp³-hybridized carbons (Fsp3) is 0.600. The first-order valence-electron chi connectivity index (χ1n) is 5.32. The van der Waals surface area contributed by atoms with Crippen LogP contribution in [0.4, 0.5) is 8.78 Å². The predicted molar refractivity (Wildman–Crippen MR) is 56.8 cm³/mol. The van der Waals surface area contributed by atoms with Crippen molar-refractivity contribution in [2.75, 3.05) is 6.61 Å². The summed E-state index contributed by atoms with van der Waals surface area (Å²) in [5, 5.41) is 8.81. The van der Waals surface area contributed by atoms with Gasteiger partial charge in [0.15, 0.2) is 18.6 Å². The van der Waals surface area contributed by atoms with Gasteiger partial charge in [-0.25, -0.2) is 13.6 Å². The van der Waals surface area contributed by atoms with Crippen LogP contribution < -0.4 is 11.2 Å². The lowest BCUT2D eigenvalue weighted by Crippen LogP contribution is -2.36. The number of rotatable bonds is 2. The van der Waals surface area contributed by atoms with Gasteiger partial charge in [-0.2, -0.15) is 0 Å². The van der Waals surface area contributed by atoms with E-state index in [9.17, 15) is 18.4 Å². The Balaban J connectivity index is 2.42. The van der Waals surface area contributed by atoms with Crippen molar-refractivity contribution < 1.29 is 18.6 Å². The number of nitrogens with zero attached hydrogens (tertiary/aromatic N) is 1. The van der Waals surface area contributed by atoms with Crippen LogP contribution in [0.2, 0.25) is 0 Å². The quantitative estimate of drug-likeness (QED) is 0.746. The number of hydrogen-bond donors (Lipinski definition) is 2. The highest BCUT2D eigenvalue weighted by Gasteiger charge is 2.46. The molecular formula is C10H12F2N2O4. The molecule has 6 nitrogen and oxygen atoms in total. The van der Waals surface area contributed by atoms with Crippen LogP contribution in [0.5, 0.6) is 0 Å². The molecule has 0 amide bonds. The maximum absolute atomic E-state index is 13.7. The van der Waals surface area contributed by atoms with Gasteiger partial charge in [0.2, 0.25) is 0 Å². The molecule has 0 radical (unpaired) electrons. The number of aliphatic hydroxyl groups is 1. The van der Waals surface area contributed by atoms with Crippen LogP contribution in [0, 0.1) is 6.92 Å². The lowest BCUT2D eigenvalue weighted by molar-refractivity contribution is -0.0437. The van der Waals surface area contributed by atoms with Crippen LogP contribution in [0.25, 0.3) is 0 Å². The maximum atomic E-state index is 13.7. The maximum Gasteiger partial charge on any atom is 0.330 e. The summed E-state index contributed by atoms with van der Waals surface area (Å²) in [6, 6.07) is 0. The molecule has 0 saturated carbocycles. The second kappa shape index (κ2) is 4.62. The summed E-state index contributed by atoms with van der Waals surface area (Å²) in [6.45, 7) is 0.739. The van der Waals surface area contributed by atoms with E-state index in [2.05, 4.69) is 0 Å². The molecule has 2 rings (SSSR count). The van der Waals surface area contributed by atoms with Crippen molar-refractivity contribution in [3.8, 4) is 0 Å². The van der Waals surface area contributed by atoms with E-state index < -0.39 is 42.5 Å². The molecule has 1 aliphatic rings. The minimum absolute atomic E-state index is 0.174. The van der Waals surface area contributed by atoms with Gasteiger partial charge in [0.05, 0.1) is 6.61 Å². The SMILES string of the molecule is Cc1cn([C@@H]2O[C@H](CO)[C@@H](F)[C@@H]2F)c(=O)[nH]c1=O. The molecule has 1 fully saturated rings. The molecule has 2 heterocycles. The second-order valence-corrected chi connectivity index (χ2v) is 4.12. The van der Waals surface area contributed by atoms with Gasteiger partial charge in [0.25, 0.3) is 5.56 Å². The number of nitrogens with one attached hydrogen (secondary N) is 1. The van der Waals surface area contributed by atoms with Crippen LogP contribution in [-0.2, 0) is 4.74 Å². The summed E-state index contributed by atoms with van der Waals surface area (Å²) in [4.78, 5) is 24.6. The summed E-state index contributed by atoms with van der Waals surface area (Å²) < 4.78 is 32.8. The van der Waals surface area contributed by atoms with Gasteiger partial charge in [-0.3, -0.25) is 14.3 Å². The average Bonchev–Trinajstić information content (AvgIpc) is 2.61. The molecule has 1 aromatic heterocycles. The Labute approximate surface area is 99.8 Å². The molecule has 0 aliphatic carbocycles. The summed E-state index contributed by atoms with van der Waals surface area (Å²) in [5.74, 6) is 0. The minimum Gasteiger partial charge on any atom is -0.394 e. The zero-order valence-corrected chi connectivity index (χ0v) is 9.47. The van der Waals surface area contributed by atoms with Gasteiger partial charge >= 0.3 is 5.69 Å². The summed E-state index contributed by atoms with van der Waals surface area (Å²) in [5.41, 5.74) is -1.31. The van der Waals surface area contributed by atoms with Crippen molar-refractivity contribution in [1.29, 1.82) is 0 Å². The highest BCUT2D eigenvalue weighted by atomic mass is 19.2. The molecule has 2 N–H and O–H groups in total. The molecule has 0 bridgehead atoms. The Morgan fingerprint density at radius 3 is 2.67 bits per heavy atom. The monoisotopic (exact) mass is 262 g/mol. The third kappa shape index (κ3) is 1.97. The first-order valence-corrected chi connectivity index (χ1v) is 5.32. The summed E-state index contributed by atoms with van der Waals surface area (Å²) in [6.07, 6.45) is -5.79. The van der Waals surface area contributed by atoms with Crippen molar-refractivity contribution in [3.05, 3.63) is 32.6 Å². The van der Waals surface area contributed by atoms with Crippen molar-refractivity contribution in [2.24, 2.45) is 0 Å². The topological polar surface area (TPSA) is 84.3 Å². The molecule has 0 unspecified atom stereocenters. The second-order valence-electron chi connectivity index (χ2n) is 4.12. The van der Waals surface area contributed by atoms with Crippen molar-refractivity contribution >= 4 is 0 Å². The molecule has 1 aromatic rings. The lowest BCUT2D eigenvalue weighted by atomic mass is 10.2. The Hall–Kier alpha value is -1.54. The number of halogens is 2. The largest absolute Gasteiger partial charge is 0.394 e. The summed E-state index contributed by atoms with van der Waals surface area (Å²) in [7, 11) is 0. The molecule has 0 aromatic carbocycles. The van der Waals surface area contributed by atoms with Crippen molar-refractivity contribution in [2.45, 2.75) is 31.6 Å². The lowest BCUT2D eigenvalue weighted by Gasteiger charge is -2.15. The summed E-state index contributed by atoms with van der Waals surface area (Å²) >= 11 is 0. The van der Waals surface area contributed by atoms with Crippen LogP contribution in [0.15, 0.2) is 15.8 Å². The van der Waals surface area contributed by atoms with E-state index in [1.165, 1.54) is 6.92 Å². The fourth-order valence-electron chi connectivity index (χ4n) is 1.83. The number of aromatic nitrogens is 2. The zero-order chi connectivity index (χ0) is 13.4. The van der Waals surface area contributed by atoms with E-state index in [-0.39, 0.29) is 5.56 Å². The number of aliphatic hydroxyl groups excluding tert-OH is 1. The fourth-order valence-corrected chi connectivity index (χ4v) is 1.83. The minimum atomic E-state index is -2.08. The van der Waals surface area contributed by atoms with Crippen molar-refractivity contribution in [3.63, 3.8) is 0 Å². The molecule has 1 saturated heterocycles. The number of ether oxygens (including phenoxy) is 1. The third-order valence-electron chi connectivity index (χ3n) is 2.85. The van der Waals surface area contributed by atoms with Gasteiger partial charge in [-0.15, -0.1) is 0 Å². The van der Waals surface area contributed by atoms with Gasteiger partial charge in [-0.1, -0.05) is 0 Å². The van der Waals surface area contributed by atoms with E-state index in [0.29, 0.717) is 0 Å². The molecular weight excluding hydrogens is 250 g/mol. The molecule has 8 heteroatoms. The van der Waals surface area contributed by atoms with Gasteiger partial charge in [-0.05, 0) is 6.92 Å². The highest BCUT2D eigenvalue weighted by Crippen LogP contribution is 2.32. The average molecular weight is 262 g/mol. The molecule has 100 valence electrons. The Kier molecular flexibility index (Phi) is 3.31. The smallest absolute Gasteiger partial charge is 0.330 e. The number of hydrogen-bond acceptors (Lipinski definition) is 4. The molecule has 0 spiro atoms. The number of H-pyrrole nitrogens is 1. The van der Waals surface area contributed by atoms with Crippen LogP contribution in [0.1, 0.15) is 11.8 Å². The van der Waals surface area contributed by atoms with E-state index in [1.807, 2.05) is 4.98 Å². The van der Waals surface area contributed by atoms with Crippen LogP contribution >= 0.6 is 0 Å². The first-order chi connectivity index (χ1) is 8.45. The van der Waals surface area contributed by atoms with Gasteiger partial charge in [0.1, 0.15) is 6.10 Å². The number of aryl methyl sites for hydroxylation is 1. The number of alkyl halides is 2. The number of aromatic amines is 1. The predicted octanol–water partition coefficient (Wildman–Crippen LogP) is -0.589. The Morgan fingerprint density at radius 2 is 2.11 bits per heavy atom. The third-order valence-corrected chi connectivity index (χ3v) is 2.85. The van der Waals surface area contributed by atoms with Gasteiger partial charge in [0, 0.05) is 11.8 Å². The highest BCUT2D eigenvalue weighted by molar-refractivity contribution is 5.03. The Morgan fingerprint density at radius 1 is 1.44 bits per heavy atom. The van der Waals surface area contributed by atoms with E-state index in [1.54, 1.807) is 0 Å². The normalized spacial score (nSPS) is 31.8. The first kappa shape index (κ1) is 12.9. The van der Waals surface area contributed by atoms with Gasteiger partial charge < -0.3 is 9.84 Å². The van der Waals surface area contributed by atoms with E-state index in [4.69, 9.17) is 9.84 Å². The zero-order valence-electron chi connectivity index (χ0n) is 9.47. The Bertz CT molecular complexity index is 556. The molecule has 4 atom stereocenters. The van der Waals surface area contributed by atoms with E-state index in [0.717, 1.165) is 10.8 Å². The van der Waals surface area contributed by atoms with Crippen LogP contribution in [0.3, 0.4) is 0 Å². The van der Waals surface area contributed by atoms with E-state index >= 15 is 0 Å². The standard InChI is InChI=1S/C10H12F2N2O4/c1-4-2-14(10(17)13-8(4)16)9-7(12)6(11)5(3-15)18-9/h2,5-7,9,15H,3H2,1H3,(H,13,16,17)/t5-,6-,7+,9-/m1/s1. The van der Waals surface area contributed by atoms with Crippen LogP contribution in [-0.4, -0.2) is 39.7 Å².